The summed E-state index contributed by atoms with van der Waals surface area (Å²) in [5.74, 6) is 0.731. The number of nitrogens with zero attached hydrogens (tertiary/aromatic N) is 1. The average molecular weight is 447 g/mol. The van der Waals surface area contributed by atoms with Crippen molar-refractivity contribution >= 4 is 45.3 Å². The minimum atomic E-state index is -0.375. The van der Waals surface area contributed by atoms with Gasteiger partial charge in [0.2, 0.25) is 5.91 Å². The molecule has 9 heteroatoms. The summed E-state index contributed by atoms with van der Waals surface area (Å²) in [5.41, 5.74) is 18.6. The van der Waals surface area contributed by atoms with Gasteiger partial charge in [0.05, 0.1) is 22.3 Å². The van der Waals surface area contributed by atoms with Crippen LogP contribution in [0.15, 0.2) is 28.7 Å². The number of hydrogen-bond acceptors (Lipinski definition) is 7. The van der Waals surface area contributed by atoms with Crippen LogP contribution in [0.4, 0.5) is 17.4 Å². The van der Waals surface area contributed by atoms with E-state index in [0.29, 0.717) is 19.1 Å². The van der Waals surface area contributed by atoms with Crippen LogP contribution >= 0.6 is 0 Å². The second-order valence-corrected chi connectivity index (χ2v) is 8.80. The fourth-order valence-electron chi connectivity index (χ4n) is 4.78. The molecule has 1 saturated carbocycles. The van der Waals surface area contributed by atoms with E-state index in [-0.39, 0.29) is 18.0 Å². The van der Waals surface area contributed by atoms with Gasteiger partial charge >= 0.3 is 0 Å². The number of ether oxygens (including phenoxy) is 1. The Bertz CT molecular complexity index is 1400. The Morgan fingerprint density at radius 1 is 1.30 bits per heavy atom. The van der Waals surface area contributed by atoms with Gasteiger partial charge in [-0.05, 0) is 48.9 Å². The molecule has 0 spiro atoms. The first-order valence-corrected chi connectivity index (χ1v) is 11.3. The number of nitrogens with two attached hydrogens (primary N) is 2. The van der Waals surface area contributed by atoms with Crippen LogP contribution in [0.5, 0.6) is 5.75 Å². The number of benzene rings is 2. The molecule has 2 aromatic heterocycles. The van der Waals surface area contributed by atoms with Gasteiger partial charge in [0, 0.05) is 23.9 Å². The Morgan fingerprint density at radius 2 is 2.15 bits per heavy atom. The van der Waals surface area contributed by atoms with Crippen LogP contribution in [0.25, 0.3) is 33.3 Å². The van der Waals surface area contributed by atoms with Gasteiger partial charge in [-0.2, -0.15) is 4.98 Å². The summed E-state index contributed by atoms with van der Waals surface area (Å²) < 4.78 is 11.7. The summed E-state index contributed by atoms with van der Waals surface area (Å²) in [5, 5.41) is 7.83. The number of anilines is 3. The number of rotatable bonds is 6. The van der Waals surface area contributed by atoms with Crippen molar-refractivity contribution in [1.82, 2.24) is 9.97 Å². The Morgan fingerprint density at radius 3 is 2.91 bits per heavy atom. The molecule has 1 aliphatic carbocycles. The highest BCUT2D eigenvalue weighted by molar-refractivity contribution is 6.07. The van der Waals surface area contributed by atoms with Crippen molar-refractivity contribution in [3.8, 4) is 17.0 Å². The summed E-state index contributed by atoms with van der Waals surface area (Å²) >= 11 is 0. The molecule has 7 N–H and O–H groups in total. The number of nitrogens with one attached hydrogen (secondary N) is 3. The van der Waals surface area contributed by atoms with Crippen LogP contribution in [0.1, 0.15) is 25.3 Å². The molecule has 170 valence electrons. The quantitative estimate of drug-likeness (QED) is 0.304. The molecule has 0 saturated heterocycles. The number of amides is 1. The molecule has 0 bridgehead atoms. The van der Waals surface area contributed by atoms with E-state index in [4.69, 9.17) is 20.6 Å². The number of H-pyrrole nitrogens is 1. The van der Waals surface area contributed by atoms with Crippen LogP contribution in [-0.2, 0) is 11.2 Å². The maximum absolute atomic E-state index is 12.0. The number of carbonyl (C=O) groups excluding carboxylic acids is 1. The van der Waals surface area contributed by atoms with Gasteiger partial charge in [0.1, 0.15) is 23.9 Å². The predicted molar refractivity (Wildman–Crippen MR) is 128 cm³/mol. The molecule has 3 heterocycles. The second-order valence-electron chi connectivity index (χ2n) is 8.80. The Balaban J connectivity index is 1.50. The van der Waals surface area contributed by atoms with Gasteiger partial charge in [0.15, 0.2) is 5.58 Å². The highest BCUT2D eigenvalue weighted by atomic mass is 16.5. The van der Waals surface area contributed by atoms with Gasteiger partial charge < -0.3 is 36.2 Å². The predicted octanol–water partition coefficient (Wildman–Crippen LogP) is 3.60. The molecule has 1 atom stereocenters. The number of oxazole rings is 1. The van der Waals surface area contributed by atoms with E-state index in [1.165, 1.54) is 0 Å². The first-order valence-electron chi connectivity index (χ1n) is 11.3. The number of aryl methyl sites for hydroxylation is 1. The number of carbonyl (C=O) groups is 1. The first-order chi connectivity index (χ1) is 16.0. The third kappa shape index (κ3) is 3.31. The van der Waals surface area contributed by atoms with Crippen LogP contribution in [-0.4, -0.2) is 35.1 Å². The summed E-state index contributed by atoms with van der Waals surface area (Å²) in [6.07, 6.45) is 2.82. The lowest BCUT2D eigenvalue weighted by Crippen LogP contribution is -2.37. The molecule has 0 unspecified atom stereocenters. The minimum Gasteiger partial charge on any atom is -0.491 e. The highest BCUT2D eigenvalue weighted by Gasteiger charge is 2.35. The van der Waals surface area contributed by atoms with Crippen LogP contribution in [0.3, 0.4) is 0 Å². The van der Waals surface area contributed by atoms with Gasteiger partial charge in [-0.25, -0.2) is 0 Å². The number of aromatic amines is 1. The van der Waals surface area contributed by atoms with E-state index in [2.05, 4.69) is 33.6 Å². The van der Waals surface area contributed by atoms with E-state index in [1.807, 2.05) is 18.2 Å². The maximum atomic E-state index is 12.0. The largest absolute Gasteiger partial charge is 0.491 e. The number of nitrogen functional groups attached to an aromatic ring is 1. The number of primary amides is 1. The molecule has 6 rings (SSSR count). The lowest BCUT2D eigenvalue weighted by Gasteiger charge is -2.17. The number of fused-ring (bicyclic) bond motifs is 1. The van der Waals surface area contributed by atoms with Gasteiger partial charge in [-0.1, -0.05) is 6.92 Å². The lowest BCUT2D eigenvalue weighted by molar-refractivity contribution is -0.119. The van der Waals surface area contributed by atoms with Crippen molar-refractivity contribution in [2.24, 2.45) is 11.7 Å². The zero-order valence-electron chi connectivity index (χ0n) is 18.3. The van der Waals surface area contributed by atoms with E-state index >= 15 is 0 Å². The minimum absolute atomic E-state index is 0.163. The van der Waals surface area contributed by atoms with E-state index in [1.54, 1.807) is 0 Å². The summed E-state index contributed by atoms with van der Waals surface area (Å²) in [6.45, 7) is 3.28. The fourth-order valence-corrected chi connectivity index (χ4v) is 4.78. The monoisotopic (exact) mass is 446 g/mol. The molecule has 4 aromatic rings. The van der Waals surface area contributed by atoms with E-state index < -0.39 is 0 Å². The summed E-state index contributed by atoms with van der Waals surface area (Å²) in [7, 11) is 0. The smallest absolute Gasteiger partial charge is 0.292 e. The molecule has 33 heavy (non-hydrogen) atoms. The Labute approximate surface area is 189 Å². The van der Waals surface area contributed by atoms with Gasteiger partial charge in [-0.15, -0.1) is 0 Å². The van der Waals surface area contributed by atoms with E-state index in [9.17, 15) is 4.79 Å². The standard InChI is InChI=1S/C24H26N6O3/c1-2-11-7-13(8-16-22(11)33-24(26)30-16)19-21-18-15(29-19)9-14(10-17(18)32-6-5-27-21)28-20(23(25)31)12-3-4-12/h7-10,12,20,27-29H,2-6H2,1H3,(H2,25,31)(H2,26,30)/t20-/m0/s1. The maximum Gasteiger partial charge on any atom is 0.292 e. The number of aromatic nitrogens is 2. The lowest BCUT2D eigenvalue weighted by atomic mass is 10.0. The normalized spacial score (nSPS) is 16.3. The van der Waals surface area contributed by atoms with Crippen molar-refractivity contribution in [2.75, 3.05) is 29.5 Å². The van der Waals surface area contributed by atoms with Crippen molar-refractivity contribution in [3.63, 3.8) is 0 Å². The molecule has 2 aromatic carbocycles. The fraction of sp³-hybridized carbons (Fsp3) is 0.333. The number of hydrogen-bond donors (Lipinski definition) is 5. The van der Waals surface area contributed by atoms with Crippen molar-refractivity contribution < 1.29 is 13.9 Å². The zero-order chi connectivity index (χ0) is 22.7. The molecule has 1 amide bonds. The van der Waals surface area contributed by atoms with Crippen LogP contribution < -0.4 is 26.8 Å². The van der Waals surface area contributed by atoms with Gasteiger partial charge in [0.25, 0.3) is 6.01 Å². The summed E-state index contributed by atoms with van der Waals surface area (Å²) in [4.78, 5) is 19.9. The SMILES string of the molecule is CCc1cc(-c2[nH]c3cc(N[C@H](C(N)=O)C4CC4)cc4c3c2NCCO4)cc2nc(N)oc12. The van der Waals surface area contributed by atoms with Crippen molar-refractivity contribution in [1.29, 1.82) is 0 Å². The highest BCUT2D eigenvalue weighted by Crippen LogP contribution is 2.44. The van der Waals surface area contributed by atoms with E-state index in [0.717, 1.165) is 75.2 Å². The van der Waals surface area contributed by atoms with Crippen LogP contribution in [0, 0.1) is 5.92 Å². The van der Waals surface area contributed by atoms with Gasteiger partial charge in [-0.3, -0.25) is 4.79 Å². The first kappa shape index (κ1) is 19.8. The topological polar surface area (TPSA) is 144 Å². The average Bonchev–Trinajstić information content (AvgIpc) is 3.50. The summed E-state index contributed by atoms with van der Waals surface area (Å²) in [6, 6.07) is 7.84. The van der Waals surface area contributed by atoms with Crippen molar-refractivity contribution in [3.05, 3.63) is 29.8 Å². The Hall–Kier alpha value is -3.88. The third-order valence-electron chi connectivity index (χ3n) is 6.50. The molecule has 9 nitrogen and oxygen atoms in total. The van der Waals surface area contributed by atoms with Crippen molar-refractivity contribution in [2.45, 2.75) is 32.2 Å². The van der Waals surface area contributed by atoms with Crippen LogP contribution in [0.2, 0.25) is 0 Å². The molecule has 1 aliphatic heterocycles. The molecular formula is C24H26N6O3. The molecule has 0 radical (unpaired) electrons. The third-order valence-corrected chi connectivity index (χ3v) is 6.50. The second kappa shape index (κ2) is 7.33. The molecule has 2 aliphatic rings. The molecule has 1 fully saturated rings. The Kier molecular flexibility index (Phi) is 4.39. The molecular weight excluding hydrogens is 420 g/mol. The zero-order valence-corrected chi connectivity index (χ0v) is 18.3.